The average Bonchev–Trinajstić information content (AvgIpc) is 2.97. The van der Waals surface area contributed by atoms with Crippen molar-refractivity contribution >= 4 is 16.8 Å². The van der Waals surface area contributed by atoms with E-state index < -0.39 is 0 Å². The predicted octanol–water partition coefficient (Wildman–Crippen LogP) is 4.25. The summed E-state index contributed by atoms with van der Waals surface area (Å²) < 4.78 is 0. The molecule has 1 N–H and O–H groups in total. The van der Waals surface area contributed by atoms with Crippen LogP contribution >= 0.6 is 0 Å². The summed E-state index contributed by atoms with van der Waals surface area (Å²) in [6.45, 7) is 3.62. The van der Waals surface area contributed by atoms with Crippen LogP contribution in [-0.4, -0.2) is 22.3 Å². The van der Waals surface area contributed by atoms with Crippen LogP contribution in [0.4, 0.5) is 0 Å². The minimum absolute atomic E-state index is 0.221. The SMILES string of the molecule is CC1CC(=O)N(Cc2ccccc2)CCc2c1[nH]c1ccccc21. The third-order valence-electron chi connectivity index (χ3n) is 5.02. The lowest BCUT2D eigenvalue weighted by Crippen LogP contribution is -2.34. The second-order valence-electron chi connectivity index (χ2n) is 6.72. The Morgan fingerprint density at radius 2 is 1.83 bits per heavy atom. The number of aromatic amines is 1. The smallest absolute Gasteiger partial charge is 0.223 e. The molecule has 1 atom stereocenters. The first-order chi connectivity index (χ1) is 11.7. The number of hydrogen-bond donors (Lipinski definition) is 1. The van der Waals surface area contributed by atoms with Crippen LogP contribution < -0.4 is 0 Å². The Labute approximate surface area is 142 Å². The first kappa shape index (κ1) is 15.0. The Morgan fingerprint density at radius 1 is 1.08 bits per heavy atom. The molecule has 1 unspecified atom stereocenters. The molecule has 1 aliphatic rings. The van der Waals surface area contributed by atoms with Gasteiger partial charge in [0.1, 0.15) is 0 Å². The number of fused-ring (bicyclic) bond motifs is 3. The van der Waals surface area contributed by atoms with Crippen LogP contribution in [0.1, 0.15) is 36.1 Å². The monoisotopic (exact) mass is 318 g/mol. The van der Waals surface area contributed by atoms with E-state index in [1.807, 2.05) is 23.1 Å². The van der Waals surface area contributed by atoms with Crippen molar-refractivity contribution in [2.45, 2.75) is 32.2 Å². The van der Waals surface area contributed by atoms with Crippen LogP contribution in [0.25, 0.3) is 10.9 Å². The first-order valence-electron chi connectivity index (χ1n) is 8.63. The van der Waals surface area contributed by atoms with Gasteiger partial charge in [-0.15, -0.1) is 0 Å². The number of rotatable bonds is 2. The van der Waals surface area contributed by atoms with Crippen LogP contribution in [0.5, 0.6) is 0 Å². The summed E-state index contributed by atoms with van der Waals surface area (Å²) in [5, 5.41) is 1.30. The number of benzene rings is 2. The number of nitrogens with one attached hydrogen (secondary N) is 1. The topological polar surface area (TPSA) is 36.1 Å². The number of H-pyrrole nitrogens is 1. The zero-order valence-electron chi connectivity index (χ0n) is 14.0. The summed E-state index contributed by atoms with van der Waals surface area (Å²) in [6, 6.07) is 18.7. The molecule has 3 heteroatoms. The zero-order valence-corrected chi connectivity index (χ0v) is 14.0. The normalized spacial score (nSPS) is 18.3. The van der Waals surface area contributed by atoms with Gasteiger partial charge < -0.3 is 9.88 Å². The Morgan fingerprint density at radius 3 is 2.67 bits per heavy atom. The molecule has 1 aromatic heterocycles. The van der Waals surface area contributed by atoms with E-state index in [1.54, 1.807) is 0 Å². The van der Waals surface area contributed by atoms with Crippen LogP contribution in [0.3, 0.4) is 0 Å². The van der Waals surface area contributed by atoms with Gasteiger partial charge in [0.15, 0.2) is 0 Å². The average molecular weight is 318 g/mol. The third-order valence-corrected chi connectivity index (χ3v) is 5.02. The fraction of sp³-hybridized carbons (Fsp3) is 0.286. The molecule has 0 saturated carbocycles. The van der Waals surface area contributed by atoms with E-state index in [9.17, 15) is 4.79 Å². The van der Waals surface area contributed by atoms with Crippen molar-refractivity contribution in [2.24, 2.45) is 0 Å². The largest absolute Gasteiger partial charge is 0.358 e. The highest BCUT2D eigenvalue weighted by Gasteiger charge is 2.25. The van der Waals surface area contributed by atoms with Crippen molar-refractivity contribution in [3.8, 4) is 0 Å². The molecule has 122 valence electrons. The van der Waals surface area contributed by atoms with E-state index in [2.05, 4.69) is 48.3 Å². The molecule has 24 heavy (non-hydrogen) atoms. The molecule has 3 nitrogen and oxygen atoms in total. The maximum atomic E-state index is 12.7. The quantitative estimate of drug-likeness (QED) is 0.753. The number of aromatic nitrogens is 1. The maximum Gasteiger partial charge on any atom is 0.223 e. The number of para-hydroxylation sites is 1. The van der Waals surface area contributed by atoms with Crippen LogP contribution in [0, 0.1) is 0 Å². The van der Waals surface area contributed by atoms with Gasteiger partial charge in [0.05, 0.1) is 0 Å². The lowest BCUT2D eigenvalue weighted by atomic mass is 9.94. The molecule has 1 amide bonds. The molecule has 0 saturated heterocycles. The van der Waals surface area contributed by atoms with E-state index in [1.165, 1.54) is 27.7 Å². The molecular formula is C21H22N2O. The van der Waals surface area contributed by atoms with Crippen LogP contribution in [-0.2, 0) is 17.8 Å². The standard InChI is InChI=1S/C21H22N2O/c1-15-13-20(24)23(14-16-7-3-2-4-8-16)12-11-18-17-9-5-6-10-19(17)22-21(15)18/h2-10,15,22H,11-14H2,1H3. The van der Waals surface area contributed by atoms with Crippen molar-refractivity contribution in [3.63, 3.8) is 0 Å². The lowest BCUT2D eigenvalue weighted by molar-refractivity contribution is -0.132. The van der Waals surface area contributed by atoms with Crippen molar-refractivity contribution in [1.29, 1.82) is 0 Å². The molecule has 0 fully saturated rings. The molecule has 2 aromatic carbocycles. The maximum absolute atomic E-state index is 12.7. The van der Waals surface area contributed by atoms with Gasteiger partial charge in [-0.2, -0.15) is 0 Å². The Hall–Kier alpha value is -2.55. The van der Waals surface area contributed by atoms with Crippen LogP contribution in [0.15, 0.2) is 54.6 Å². The first-order valence-corrected chi connectivity index (χ1v) is 8.63. The second kappa shape index (κ2) is 6.16. The third kappa shape index (κ3) is 2.71. The van der Waals surface area contributed by atoms with E-state index in [0.29, 0.717) is 13.0 Å². The van der Waals surface area contributed by atoms with Crippen molar-refractivity contribution in [3.05, 3.63) is 71.4 Å². The highest BCUT2D eigenvalue weighted by Crippen LogP contribution is 2.32. The van der Waals surface area contributed by atoms with Gasteiger partial charge in [0.25, 0.3) is 0 Å². The number of nitrogens with zero attached hydrogens (tertiary/aromatic N) is 1. The highest BCUT2D eigenvalue weighted by atomic mass is 16.2. The van der Waals surface area contributed by atoms with Crippen LogP contribution in [0.2, 0.25) is 0 Å². The fourth-order valence-electron chi connectivity index (χ4n) is 3.75. The van der Waals surface area contributed by atoms with E-state index in [0.717, 1.165) is 13.0 Å². The van der Waals surface area contributed by atoms with E-state index in [-0.39, 0.29) is 11.8 Å². The summed E-state index contributed by atoms with van der Waals surface area (Å²) in [7, 11) is 0. The van der Waals surface area contributed by atoms with Gasteiger partial charge in [-0.05, 0) is 23.6 Å². The zero-order chi connectivity index (χ0) is 16.5. The Kier molecular flexibility index (Phi) is 3.85. The van der Waals surface area contributed by atoms with E-state index in [4.69, 9.17) is 0 Å². The number of carbonyl (C=O) groups is 1. The van der Waals surface area contributed by atoms with E-state index >= 15 is 0 Å². The van der Waals surface area contributed by atoms with Gasteiger partial charge >= 0.3 is 0 Å². The lowest BCUT2D eigenvalue weighted by Gasteiger charge is -2.27. The van der Waals surface area contributed by atoms with Gasteiger partial charge in [0.2, 0.25) is 5.91 Å². The minimum atomic E-state index is 0.221. The number of carbonyl (C=O) groups excluding carboxylic acids is 1. The molecule has 0 spiro atoms. The minimum Gasteiger partial charge on any atom is -0.358 e. The molecule has 0 radical (unpaired) electrons. The van der Waals surface area contributed by atoms with Crippen molar-refractivity contribution < 1.29 is 4.79 Å². The van der Waals surface area contributed by atoms with Crippen molar-refractivity contribution in [1.82, 2.24) is 9.88 Å². The highest BCUT2D eigenvalue weighted by molar-refractivity contribution is 5.86. The fourth-order valence-corrected chi connectivity index (χ4v) is 3.75. The number of hydrogen-bond acceptors (Lipinski definition) is 1. The summed E-state index contributed by atoms with van der Waals surface area (Å²) in [4.78, 5) is 18.3. The molecular weight excluding hydrogens is 296 g/mol. The Bertz CT molecular complexity index is 866. The summed E-state index contributed by atoms with van der Waals surface area (Å²) in [5.74, 6) is 0.467. The predicted molar refractivity (Wildman–Crippen MR) is 96.9 cm³/mol. The molecule has 4 rings (SSSR count). The summed E-state index contributed by atoms with van der Waals surface area (Å²) >= 11 is 0. The van der Waals surface area contributed by atoms with Crippen molar-refractivity contribution in [2.75, 3.05) is 6.54 Å². The summed E-state index contributed by atoms with van der Waals surface area (Å²) in [5.41, 5.74) is 4.99. The second-order valence-corrected chi connectivity index (χ2v) is 6.72. The van der Waals surface area contributed by atoms with Gasteiger partial charge in [-0.25, -0.2) is 0 Å². The Balaban J connectivity index is 1.66. The molecule has 1 aliphatic heterocycles. The summed E-state index contributed by atoms with van der Waals surface area (Å²) in [6.07, 6.45) is 1.47. The van der Waals surface area contributed by atoms with Gasteiger partial charge in [0, 0.05) is 42.0 Å². The van der Waals surface area contributed by atoms with Gasteiger partial charge in [-0.1, -0.05) is 55.5 Å². The number of amides is 1. The molecule has 3 aromatic rings. The molecule has 2 heterocycles. The molecule has 0 aliphatic carbocycles. The molecule has 0 bridgehead atoms. The van der Waals surface area contributed by atoms with Gasteiger partial charge in [-0.3, -0.25) is 4.79 Å².